The van der Waals surface area contributed by atoms with Crippen molar-refractivity contribution in [1.82, 2.24) is 10.2 Å². The molecule has 0 bridgehead atoms. The number of carbonyl (C=O) groups is 1. The van der Waals surface area contributed by atoms with Gasteiger partial charge in [-0.05, 0) is 54.3 Å². The zero-order valence-electron chi connectivity index (χ0n) is 18.9. The summed E-state index contributed by atoms with van der Waals surface area (Å²) in [4.78, 5) is 14.8. The van der Waals surface area contributed by atoms with Crippen LogP contribution in [-0.2, 0) is 13.0 Å². The van der Waals surface area contributed by atoms with E-state index in [9.17, 15) is 4.79 Å². The van der Waals surface area contributed by atoms with Crippen LogP contribution in [0.1, 0.15) is 29.7 Å². The van der Waals surface area contributed by atoms with Crippen molar-refractivity contribution in [3.63, 3.8) is 0 Å². The molecule has 0 saturated carbocycles. The molecule has 1 aliphatic rings. The third-order valence-corrected chi connectivity index (χ3v) is 5.53. The van der Waals surface area contributed by atoms with E-state index >= 15 is 0 Å². The van der Waals surface area contributed by atoms with E-state index in [1.807, 2.05) is 31.2 Å². The second-order valence-corrected chi connectivity index (χ2v) is 7.28. The van der Waals surface area contributed by atoms with E-state index in [1.54, 1.807) is 40.4 Å². The number of nitrogens with zero attached hydrogens (tertiary/aromatic N) is 1. The lowest BCUT2D eigenvalue weighted by Crippen LogP contribution is -2.43. The number of carbonyl (C=O) groups excluding carboxylic acids is 1. The van der Waals surface area contributed by atoms with Crippen molar-refractivity contribution in [3.8, 4) is 28.7 Å². The number of ether oxygens (including phenoxy) is 5. The minimum Gasteiger partial charge on any atom is -0.493 e. The van der Waals surface area contributed by atoms with E-state index in [0.717, 1.165) is 17.5 Å². The van der Waals surface area contributed by atoms with Gasteiger partial charge in [0.05, 0.1) is 41.6 Å². The van der Waals surface area contributed by atoms with E-state index in [1.165, 1.54) is 5.56 Å². The van der Waals surface area contributed by atoms with Gasteiger partial charge >= 0.3 is 6.03 Å². The van der Waals surface area contributed by atoms with Crippen molar-refractivity contribution in [3.05, 3.63) is 41.0 Å². The molecule has 0 fully saturated rings. The van der Waals surface area contributed by atoms with E-state index in [-0.39, 0.29) is 12.1 Å². The summed E-state index contributed by atoms with van der Waals surface area (Å²) >= 11 is 0. The second kappa shape index (κ2) is 9.68. The molecule has 1 unspecified atom stereocenters. The molecule has 1 heterocycles. The van der Waals surface area contributed by atoms with Crippen molar-refractivity contribution < 1.29 is 28.5 Å². The maximum absolute atomic E-state index is 13.0. The zero-order valence-corrected chi connectivity index (χ0v) is 18.9. The van der Waals surface area contributed by atoms with Gasteiger partial charge in [-0.2, -0.15) is 0 Å². The standard InChI is InChI=1S/C23H30N2O6/c1-14(16-10-20(29-4)22(31-6)21(11-16)30-5)24-23(26)25-8-7-15-9-18(27-2)19(28-3)12-17(15)13-25/h9-12,14H,7-8,13H2,1-6H3,(H,24,26). The Morgan fingerprint density at radius 2 is 1.39 bits per heavy atom. The van der Waals surface area contributed by atoms with Gasteiger partial charge in [0, 0.05) is 13.1 Å². The Hall–Kier alpha value is -3.29. The third-order valence-electron chi connectivity index (χ3n) is 5.53. The lowest BCUT2D eigenvalue weighted by molar-refractivity contribution is 0.189. The lowest BCUT2D eigenvalue weighted by atomic mass is 9.99. The lowest BCUT2D eigenvalue weighted by Gasteiger charge is -2.31. The normalized spacial score (nSPS) is 13.7. The SMILES string of the molecule is COc1cc2c(cc1OC)CN(C(=O)NC(C)c1cc(OC)c(OC)c(OC)c1)CC2. The fraction of sp³-hybridized carbons (Fsp3) is 0.435. The Labute approximate surface area is 183 Å². The summed E-state index contributed by atoms with van der Waals surface area (Å²) in [6.07, 6.45) is 0.752. The molecule has 2 aromatic carbocycles. The molecule has 31 heavy (non-hydrogen) atoms. The zero-order chi connectivity index (χ0) is 22.5. The van der Waals surface area contributed by atoms with Gasteiger partial charge in [-0.15, -0.1) is 0 Å². The first-order valence-corrected chi connectivity index (χ1v) is 10.0. The van der Waals surface area contributed by atoms with Crippen LogP contribution < -0.4 is 29.0 Å². The van der Waals surface area contributed by atoms with Gasteiger partial charge in [-0.25, -0.2) is 4.79 Å². The molecule has 1 atom stereocenters. The quantitative estimate of drug-likeness (QED) is 0.724. The van der Waals surface area contributed by atoms with Crippen LogP contribution in [0.25, 0.3) is 0 Å². The average molecular weight is 431 g/mol. The first kappa shape index (κ1) is 22.4. The van der Waals surface area contributed by atoms with Crippen LogP contribution in [0.2, 0.25) is 0 Å². The summed E-state index contributed by atoms with van der Waals surface area (Å²) < 4.78 is 27.0. The highest BCUT2D eigenvalue weighted by Crippen LogP contribution is 2.39. The van der Waals surface area contributed by atoms with Crippen molar-refractivity contribution in [2.75, 3.05) is 42.1 Å². The van der Waals surface area contributed by atoms with Crippen molar-refractivity contribution in [2.45, 2.75) is 25.9 Å². The first-order valence-electron chi connectivity index (χ1n) is 10.0. The minimum atomic E-state index is -0.256. The summed E-state index contributed by atoms with van der Waals surface area (Å²) in [5.41, 5.74) is 3.07. The summed E-state index contributed by atoms with van der Waals surface area (Å²) in [6, 6.07) is 7.22. The Balaban J connectivity index is 1.75. The van der Waals surface area contributed by atoms with Crippen molar-refractivity contribution in [2.24, 2.45) is 0 Å². The largest absolute Gasteiger partial charge is 0.493 e. The molecule has 168 valence electrons. The molecule has 3 rings (SSSR count). The summed E-state index contributed by atoms with van der Waals surface area (Å²) in [7, 11) is 7.93. The number of methoxy groups -OCH3 is 5. The van der Waals surface area contributed by atoms with Crippen LogP contribution in [-0.4, -0.2) is 53.0 Å². The number of fused-ring (bicyclic) bond motifs is 1. The summed E-state index contributed by atoms with van der Waals surface area (Å²) in [6.45, 7) is 3.05. The number of rotatable bonds is 7. The molecule has 0 spiro atoms. The van der Waals surface area contributed by atoms with E-state index in [0.29, 0.717) is 41.8 Å². The topological polar surface area (TPSA) is 78.5 Å². The van der Waals surface area contributed by atoms with Crippen LogP contribution in [0, 0.1) is 0 Å². The molecular formula is C23H30N2O6. The molecule has 0 saturated heterocycles. The Bertz CT molecular complexity index is 921. The molecule has 1 N–H and O–H groups in total. The fourth-order valence-corrected chi connectivity index (χ4v) is 3.77. The summed E-state index contributed by atoms with van der Waals surface area (Å²) in [5.74, 6) is 2.98. The highest BCUT2D eigenvalue weighted by molar-refractivity contribution is 5.75. The molecule has 8 nitrogen and oxygen atoms in total. The minimum absolute atomic E-state index is 0.137. The Morgan fingerprint density at radius 3 is 1.90 bits per heavy atom. The number of nitrogens with one attached hydrogen (secondary N) is 1. The van der Waals surface area contributed by atoms with Crippen molar-refractivity contribution >= 4 is 6.03 Å². The molecule has 8 heteroatoms. The van der Waals surface area contributed by atoms with Gasteiger partial charge in [-0.3, -0.25) is 0 Å². The number of hydrogen-bond donors (Lipinski definition) is 1. The molecule has 0 aromatic heterocycles. The summed E-state index contributed by atoms with van der Waals surface area (Å²) in [5, 5.41) is 3.07. The van der Waals surface area contributed by atoms with Crippen LogP contribution in [0.15, 0.2) is 24.3 Å². The molecule has 1 aliphatic heterocycles. The number of urea groups is 1. The maximum atomic E-state index is 13.0. The van der Waals surface area contributed by atoms with Gasteiger partial charge in [0.2, 0.25) is 5.75 Å². The average Bonchev–Trinajstić information content (AvgIpc) is 2.81. The number of amides is 2. The van der Waals surface area contributed by atoms with Gasteiger partial charge in [-0.1, -0.05) is 0 Å². The predicted molar refractivity (Wildman–Crippen MR) is 117 cm³/mol. The highest BCUT2D eigenvalue weighted by Gasteiger charge is 2.25. The Morgan fingerprint density at radius 1 is 0.839 bits per heavy atom. The second-order valence-electron chi connectivity index (χ2n) is 7.28. The Kier molecular flexibility index (Phi) is 6.99. The van der Waals surface area contributed by atoms with Gasteiger partial charge in [0.15, 0.2) is 23.0 Å². The molecule has 2 aromatic rings. The molecule has 0 aliphatic carbocycles. The highest BCUT2D eigenvalue weighted by atomic mass is 16.5. The third kappa shape index (κ3) is 4.57. The molecule has 2 amide bonds. The van der Waals surface area contributed by atoms with E-state index in [2.05, 4.69) is 5.32 Å². The van der Waals surface area contributed by atoms with Crippen LogP contribution in [0.5, 0.6) is 28.7 Å². The van der Waals surface area contributed by atoms with E-state index in [4.69, 9.17) is 23.7 Å². The fourth-order valence-electron chi connectivity index (χ4n) is 3.77. The van der Waals surface area contributed by atoms with Gasteiger partial charge in [0.25, 0.3) is 0 Å². The van der Waals surface area contributed by atoms with Gasteiger partial charge in [0.1, 0.15) is 0 Å². The number of hydrogen-bond acceptors (Lipinski definition) is 6. The van der Waals surface area contributed by atoms with Gasteiger partial charge < -0.3 is 33.9 Å². The molecule has 0 radical (unpaired) electrons. The predicted octanol–water partition coefficient (Wildman–Crippen LogP) is 3.56. The maximum Gasteiger partial charge on any atom is 0.318 e. The van der Waals surface area contributed by atoms with Crippen LogP contribution >= 0.6 is 0 Å². The monoisotopic (exact) mass is 430 g/mol. The smallest absolute Gasteiger partial charge is 0.318 e. The van der Waals surface area contributed by atoms with Crippen LogP contribution in [0.3, 0.4) is 0 Å². The molecular weight excluding hydrogens is 400 g/mol. The van der Waals surface area contributed by atoms with Crippen molar-refractivity contribution in [1.29, 1.82) is 0 Å². The van der Waals surface area contributed by atoms with E-state index < -0.39 is 0 Å². The number of benzene rings is 2. The van der Waals surface area contributed by atoms with Crippen LogP contribution in [0.4, 0.5) is 4.79 Å². The first-order chi connectivity index (χ1) is 14.9.